The molecule has 0 unspecified atom stereocenters. The fourth-order valence-corrected chi connectivity index (χ4v) is 1.77. The lowest BCUT2D eigenvalue weighted by Crippen LogP contribution is -1.90. The normalized spacial score (nSPS) is 13.9. The molecule has 0 spiro atoms. The molecule has 0 saturated heterocycles. The number of allylic oxidation sites excluding steroid dienone is 5. The minimum absolute atomic E-state index is 0.857. The van der Waals surface area contributed by atoms with E-state index >= 15 is 0 Å². The molecule has 0 heterocycles. The van der Waals surface area contributed by atoms with Crippen LogP contribution >= 0.6 is 0 Å². The molecule has 0 fully saturated rings. The summed E-state index contributed by atoms with van der Waals surface area (Å²) in [6, 6.07) is 0. The average Bonchev–Trinajstić information content (AvgIpc) is 2.44. The first-order valence-electron chi connectivity index (χ1n) is 7.76. The zero-order chi connectivity index (χ0) is 14.3. The number of hydrogen-bond acceptors (Lipinski definition) is 1. The molecule has 0 aliphatic rings. The summed E-state index contributed by atoms with van der Waals surface area (Å²) < 4.78 is 0. The lowest BCUT2D eigenvalue weighted by atomic mass is 10.1. The molecule has 0 aromatic rings. The Morgan fingerprint density at radius 1 is 0.947 bits per heavy atom. The highest BCUT2D eigenvalue weighted by Crippen LogP contribution is 2.06. The van der Waals surface area contributed by atoms with Crippen molar-refractivity contribution in [2.75, 3.05) is 6.54 Å². The van der Waals surface area contributed by atoms with Crippen LogP contribution in [0.15, 0.2) is 40.4 Å². The van der Waals surface area contributed by atoms with E-state index in [1.807, 2.05) is 0 Å². The highest BCUT2D eigenvalue weighted by molar-refractivity contribution is 5.78. The molecular formula is C18H31N. The maximum Gasteiger partial charge on any atom is 0.0599 e. The molecule has 0 aromatic heterocycles. The molecule has 19 heavy (non-hydrogen) atoms. The van der Waals surface area contributed by atoms with Crippen LogP contribution in [0.3, 0.4) is 0 Å². The summed E-state index contributed by atoms with van der Waals surface area (Å²) in [6.07, 6.45) is 17.9. The van der Waals surface area contributed by atoms with Gasteiger partial charge in [-0.2, -0.15) is 0 Å². The van der Waals surface area contributed by atoms with Gasteiger partial charge in [0.25, 0.3) is 0 Å². The molecule has 1 nitrogen and oxygen atoms in total. The van der Waals surface area contributed by atoms with E-state index in [0.29, 0.717) is 0 Å². The van der Waals surface area contributed by atoms with Gasteiger partial charge in [-0.3, -0.25) is 4.99 Å². The monoisotopic (exact) mass is 261 g/mol. The van der Waals surface area contributed by atoms with Crippen molar-refractivity contribution >= 4 is 6.21 Å². The summed E-state index contributed by atoms with van der Waals surface area (Å²) in [5, 5.41) is 0. The van der Waals surface area contributed by atoms with Gasteiger partial charge in [-0.1, -0.05) is 57.1 Å². The van der Waals surface area contributed by atoms with Crippen LogP contribution in [0.2, 0.25) is 0 Å². The Morgan fingerprint density at radius 3 is 2.32 bits per heavy atom. The van der Waals surface area contributed by atoms with E-state index in [1.54, 1.807) is 0 Å². The predicted molar refractivity (Wildman–Crippen MR) is 89.1 cm³/mol. The van der Waals surface area contributed by atoms with E-state index in [4.69, 9.17) is 0 Å². The highest BCUT2D eigenvalue weighted by Gasteiger charge is 1.93. The van der Waals surface area contributed by atoms with Gasteiger partial charge in [0.2, 0.25) is 0 Å². The van der Waals surface area contributed by atoms with Crippen LogP contribution in [0.1, 0.15) is 66.2 Å². The van der Waals surface area contributed by atoms with Crippen molar-refractivity contribution in [1.82, 2.24) is 0 Å². The Hall–Kier alpha value is -1.11. The van der Waals surface area contributed by atoms with Crippen molar-refractivity contribution in [3.05, 3.63) is 35.5 Å². The molecule has 0 aliphatic heterocycles. The molecule has 0 saturated carbocycles. The van der Waals surface area contributed by atoms with E-state index < -0.39 is 0 Å². The minimum Gasteiger partial charge on any atom is -0.289 e. The molecule has 0 radical (unpaired) electrons. The zero-order valence-electron chi connectivity index (χ0n) is 13.3. The molecule has 0 atom stereocenters. The summed E-state index contributed by atoms with van der Waals surface area (Å²) in [5.41, 5.74) is 2.82. The number of aliphatic imine (C=N–C) groups is 1. The molecule has 0 N–H and O–H groups in total. The third-order valence-corrected chi connectivity index (χ3v) is 3.11. The van der Waals surface area contributed by atoms with Crippen LogP contribution in [0.4, 0.5) is 0 Å². The van der Waals surface area contributed by atoms with Gasteiger partial charge >= 0.3 is 0 Å². The first-order valence-corrected chi connectivity index (χ1v) is 7.76. The molecule has 0 aliphatic carbocycles. The van der Waals surface area contributed by atoms with Crippen LogP contribution in [0, 0.1) is 0 Å². The Balaban J connectivity index is 4.24. The van der Waals surface area contributed by atoms with E-state index in [9.17, 15) is 0 Å². The number of unbranched alkanes of at least 4 members (excludes halogenated alkanes) is 2. The summed E-state index contributed by atoms with van der Waals surface area (Å²) >= 11 is 0. The van der Waals surface area contributed by atoms with Crippen molar-refractivity contribution < 1.29 is 0 Å². The van der Waals surface area contributed by atoms with Crippen molar-refractivity contribution in [2.45, 2.75) is 66.2 Å². The van der Waals surface area contributed by atoms with Crippen LogP contribution < -0.4 is 0 Å². The van der Waals surface area contributed by atoms with Gasteiger partial charge in [0.1, 0.15) is 0 Å². The molecule has 0 amide bonds. The SMILES string of the molecule is C/C=C/CC/C=C(\CC)CN=C/C(=C/CCC)CC. The standard InChI is InChI=1S/C18H31N/c1-5-9-11-12-14-18(8-4)16-19-15-17(7-3)13-10-6-2/h5,9,13-15H,6-8,10-12,16H2,1-4H3/b9-5+,17-13+,18-14+,19-15?. The Labute approximate surface area is 120 Å². The molecule has 1 heteroatoms. The third-order valence-electron chi connectivity index (χ3n) is 3.11. The topological polar surface area (TPSA) is 12.4 Å². The van der Waals surface area contributed by atoms with E-state index in [-0.39, 0.29) is 0 Å². The second-order valence-corrected chi connectivity index (χ2v) is 4.75. The molecule has 0 bridgehead atoms. The molecular weight excluding hydrogens is 230 g/mol. The van der Waals surface area contributed by atoms with Crippen LogP contribution in [-0.4, -0.2) is 12.8 Å². The van der Waals surface area contributed by atoms with Crippen LogP contribution in [0.5, 0.6) is 0 Å². The molecule has 108 valence electrons. The summed E-state index contributed by atoms with van der Waals surface area (Å²) in [4.78, 5) is 4.59. The fourth-order valence-electron chi connectivity index (χ4n) is 1.77. The van der Waals surface area contributed by atoms with Crippen molar-refractivity contribution in [3.63, 3.8) is 0 Å². The number of hydrogen-bond donors (Lipinski definition) is 0. The van der Waals surface area contributed by atoms with Gasteiger partial charge in [0.15, 0.2) is 0 Å². The van der Waals surface area contributed by atoms with Crippen molar-refractivity contribution in [3.8, 4) is 0 Å². The maximum atomic E-state index is 4.59. The average molecular weight is 261 g/mol. The van der Waals surface area contributed by atoms with E-state index in [0.717, 1.165) is 38.6 Å². The summed E-state index contributed by atoms with van der Waals surface area (Å²) in [5.74, 6) is 0. The second-order valence-electron chi connectivity index (χ2n) is 4.75. The summed E-state index contributed by atoms with van der Waals surface area (Å²) in [6.45, 7) is 9.55. The fraction of sp³-hybridized carbons (Fsp3) is 0.611. The van der Waals surface area contributed by atoms with Gasteiger partial charge in [-0.15, -0.1) is 0 Å². The Bertz CT molecular complexity index is 319. The van der Waals surface area contributed by atoms with Gasteiger partial charge in [-0.25, -0.2) is 0 Å². The molecule has 0 rings (SSSR count). The zero-order valence-corrected chi connectivity index (χ0v) is 13.3. The number of nitrogens with zero attached hydrogens (tertiary/aromatic N) is 1. The van der Waals surface area contributed by atoms with Gasteiger partial charge in [0, 0.05) is 6.21 Å². The van der Waals surface area contributed by atoms with Crippen LogP contribution in [0.25, 0.3) is 0 Å². The van der Waals surface area contributed by atoms with Gasteiger partial charge < -0.3 is 0 Å². The highest BCUT2D eigenvalue weighted by atomic mass is 14.7. The van der Waals surface area contributed by atoms with Crippen molar-refractivity contribution in [2.24, 2.45) is 4.99 Å². The first kappa shape index (κ1) is 17.9. The lowest BCUT2D eigenvalue weighted by Gasteiger charge is -2.01. The lowest BCUT2D eigenvalue weighted by molar-refractivity contribution is 0.942. The Morgan fingerprint density at radius 2 is 1.74 bits per heavy atom. The largest absolute Gasteiger partial charge is 0.289 e. The Kier molecular flexibility index (Phi) is 12.5. The molecule has 0 aromatic carbocycles. The predicted octanol–water partition coefficient (Wildman–Crippen LogP) is 5.89. The summed E-state index contributed by atoms with van der Waals surface area (Å²) in [7, 11) is 0. The second kappa shape index (κ2) is 13.3. The minimum atomic E-state index is 0.857. The number of rotatable bonds is 10. The van der Waals surface area contributed by atoms with Crippen LogP contribution in [-0.2, 0) is 0 Å². The smallest absolute Gasteiger partial charge is 0.0599 e. The third kappa shape index (κ3) is 10.5. The first-order chi connectivity index (χ1) is 9.28. The van der Waals surface area contributed by atoms with Gasteiger partial charge in [-0.05, 0) is 44.6 Å². The maximum absolute atomic E-state index is 4.59. The van der Waals surface area contributed by atoms with E-state index in [2.05, 4.69) is 63.2 Å². The van der Waals surface area contributed by atoms with Crippen molar-refractivity contribution in [1.29, 1.82) is 0 Å². The quantitative estimate of drug-likeness (QED) is 0.264. The van der Waals surface area contributed by atoms with E-state index in [1.165, 1.54) is 17.6 Å². The van der Waals surface area contributed by atoms with Gasteiger partial charge in [0.05, 0.1) is 6.54 Å².